The lowest BCUT2D eigenvalue weighted by Crippen LogP contribution is -2.26. The third-order valence-electron chi connectivity index (χ3n) is 2.33. The predicted octanol–water partition coefficient (Wildman–Crippen LogP) is 2.71. The lowest BCUT2D eigenvalue weighted by atomic mass is 10.2. The van der Waals surface area contributed by atoms with E-state index in [1.54, 1.807) is 0 Å². The molecule has 0 bridgehead atoms. The highest BCUT2D eigenvalue weighted by molar-refractivity contribution is 14.1. The normalized spacial score (nSPS) is 11.6. The molecule has 0 atom stereocenters. The molecule has 0 aliphatic heterocycles. The Morgan fingerprint density at radius 3 is 2.41 bits per heavy atom. The minimum absolute atomic E-state index is 0.0696. The first-order valence-corrected chi connectivity index (χ1v) is 8.89. The SMILES string of the molecule is O=S(=O)(Cc1ccccc1)NCCCCCI. The van der Waals surface area contributed by atoms with Crippen LogP contribution in [0.25, 0.3) is 0 Å². The van der Waals surface area contributed by atoms with Crippen LogP contribution in [-0.2, 0) is 15.8 Å². The molecule has 0 saturated heterocycles. The molecule has 0 heterocycles. The lowest BCUT2D eigenvalue weighted by molar-refractivity contribution is 0.575. The van der Waals surface area contributed by atoms with Crippen LogP contribution in [0.1, 0.15) is 24.8 Å². The molecule has 1 N–H and O–H groups in total. The molecule has 1 rings (SSSR count). The molecule has 0 radical (unpaired) electrons. The highest BCUT2D eigenvalue weighted by Gasteiger charge is 2.09. The molecule has 17 heavy (non-hydrogen) atoms. The molecule has 0 aliphatic carbocycles. The summed E-state index contributed by atoms with van der Waals surface area (Å²) < 4.78 is 27.2. The molecular weight excluding hydrogens is 349 g/mol. The van der Waals surface area contributed by atoms with Crippen molar-refractivity contribution in [3.63, 3.8) is 0 Å². The summed E-state index contributed by atoms with van der Waals surface area (Å²) in [5.41, 5.74) is 0.826. The highest BCUT2D eigenvalue weighted by Crippen LogP contribution is 2.04. The van der Waals surface area contributed by atoms with Gasteiger partial charge in [0.2, 0.25) is 10.0 Å². The van der Waals surface area contributed by atoms with Gasteiger partial charge in [-0.2, -0.15) is 0 Å². The van der Waals surface area contributed by atoms with Crippen molar-refractivity contribution in [1.29, 1.82) is 0 Å². The van der Waals surface area contributed by atoms with E-state index in [1.807, 2.05) is 30.3 Å². The molecule has 96 valence electrons. The summed E-state index contributed by atoms with van der Waals surface area (Å²) in [6.45, 7) is 0.547. The second-order valence-corrected chi connectivity index (χ2v) is 6.77. The lowest BCUT2D eigenvalue weighted by Gasteiger charge is -2.06. The van der Waals surface area contributed by atoms with Crippen LogP contribution in [0.2, 0.25) is 0 Å². The largest absolute Gasteiger partial charge is 0.215 e. The van der Waals surface area contributed by atoms with E-state index < -0.39 is 10.0 Å². The standard InChI is InChI=1S/C12H18INO2S/c13-9-5-2-6-10-14-17(15,16)11-12-7-3-1-4-8-12/h1,3-4,7-8,14H,2,5-6,9-11H2. The minimum Gasteiger partial charge on any atom is -0.215 e. The molecule has 0 amide bonds. The van der Waals surface area contributed by atoms with Crippen LogP contribution in [0.5, 0.6) is 0 Å². The van der Waals surface area contributed by atoms with E-state index >= 15 is 0 Å². The number of alkyl halides is 1. The molecule has 1 aromatic carbocycles. The van der Waals surface area contributed by atoms with Crippen LogP contribution in [0.15, 0.2) is 30.3 Å². The van der Waals surface area contributed by atoms with Crippen LogP contribution in [0.4, 0.5) is 0 Å². The van der Waals surface area contributed by atoms with E-state index in [-0.39, 0.29) is 5.75 Å². The molecule has 1 aromatic rings. The number of halogens is 1. The maximum atomic E-state index is 11.7. The number of hydrogen-bond acceptors (Lipinski definition) is 2. The summed E-state index contributed by atoms with van der Waals surface area (Å²) >= 11 is 2.33. The van der Waals surface area contributed by atoms with Crippen LogP contribution >= 0.6 is 22.6 Å². The van der Waals surface area contributed by atoms with Crippen LogP contribution < -0.4 is 4.72 Å². The van der Waals surface area contributed by atoms with Crippen molar-refractivity contribution in [3.05, 3.63) is 35.9 Å². The predicted molar refractivity (Wildman–Crippen MR) is 79.8 cm³/mol. The zero-order valence-electron chi connectivity index (χ0n) is 9.73. The summed E-state index contributed by atoms with van der Waals surface area (Å²) in [5, 5.41) is 0. The van der Waals surface area contributed by atoms with E-state index in [2.05, 4.69) is 27.3 Å². The van der Waals surface area contributed by atoms with Crippen molar-refractivity contribution in [2.45, 2.75) is 25.0 Å². The van der Waals surface area contributed by atoms with Crippen molar-refractivity contribution in [2.24, 2.45) is 0 Å². The second kappa shape index (κ2) is 8.05. The van der Waals surface area contributed by atoms with Crippen LogP contribution in [0, 0.1) is 0 Å². The Bertz CT molecular complexity index is 406. The Morgan fingerprint density at radius 2 is 1.76 bits per heavy atom. The summed E-state index contributed by atoms with van der Waals surface area (Å²) in [5.74, 6) is 0.0696. The van der Waals surface area contributed by atoms with E-state index in [9.17, 15) is 8.42 Å². The molecule has 0 fully saturated rings. The molecule has 5 heteroatoms. The fourth-order valence-corrected chi connectivity index (χ4v) is 3.20. The first kappa shape index (κ1) is 14.9. The maximum Gasteiger partial charge on any atom is 0.215 e. The molecule has 3 nitrogen and oxygen atoms in total. The van der Waals surface area contributed by atoms with E-state index in [0.29, 0.717) is 6.54 Å². The van der Waals surface area contributed by atoms with Crippen molar-refractivity contribution in [2.75, 3.05) is 11.0 Å². The molecule has 0 unspecified atom stereocenters. The number of rotatable bonds is 8. The van der Waals surface area contributed by atoms with E-state index in [1.165, 1.54) is 0 Å². The summed E-state index contributed by atoms with van der Waals surface area (Å²) in [6, 6.07) is 9.24. The quantitative estimate of drug-likeness (QED) is 0.436. The van der Waals surface area contributed by atoms with Gasteiger partial charge in [0.15, 0.2) is 0 Å². The number of nitrogens with one attached hydrogen (secondary N) is 1. The van der Waals surface area contributed by atoms with Gasteiger partial charge in [-0.25, -0.2) is 13.1 Å². The number of hydrogen-bond donors (Lipinski definition) is 1. The summed E-state index contributed by atoms with van der Waals surface area (Å²) in [4.78, 5) is 0. The van der Waals surface area contributed by atoms with Gasteiger partial charge in [-0.15, -0.1) is 0 Å². The third kappa shape index (κ3) is 7.00. The summed E-state index contributed by atoms with van der Waals surface area (Å²) in [7, 11) is -3.17. The highest BCUT2D eigenvalue weighted by atomic mass is 127. The first-order chi connectivity index (χ1) is 8.14. The van der Waals surface area contributed by atoms with Gasteiger partial charge in [0.25, 0.3) is 0 Å². The molecule has 0 aliphatic rings. The maximum absolute atomic E-state index is 11.7. The fourth-order valence-electron chi connectivity index (χ4n) is 1.47. The van der Waals surface area contributed by atoms with E-state index in [4.69, 9.17) is 0 Å². The first-order valence-electron chi connectivity index (χ1n) is 5.71. The molecular formula is C12H18INO2S. The monoisotopic (exact) mass is 367 g/mol. The Morgan fingerprint density at radius 1 is 1.06 bits per heavy atom. The van der Waals surface area contributed by atoms with E-state index in [0.717, 1.165) is 29.3 Å². The zero-order chi connectivity index (χ0) is 12.6. The number of sulfonamides is 1. The van der Waals surface area contributed by atoms with Crippen molar-refractivity contribution in [1.82, 2.24) is 4.72 Å². The minimum atomic E-state index is -3.17. The van der Waals surface area contributed by atoms with Gasteiger partial charge in [0.05, 0.1) is 5.75 Å². The van der Waals surface area contributed by atoms with Gasteiger partial charge in [-0.3, -0.25) is 0 Å². The second-order valence-electron chi connectivity index (χ2n) is 3.89. The molecule has 0 aromatic heterocycles. The van der Waals surface area contributed by atoms with Crippen LogP contribution in [-0.4, -0.2) is 19.4 Å². The Labute approximate surface area is 117 Å². The van der Waals surface area contributed by atoms with Gasteiger partial charge in [0, 0.05) is 6.54 Å². The van der Waals surface area contributed by atoms with Gasteiger partial charge < -0.3 is 0 Å². The smallest absolute Gasteiger partial charge is 0.215 e. The fraction of sp³-hybridized carbons (Fsp3) is 0.500. The average molecular weight is 367 g/mol. The third-order valence-corrected chi connectivity index (χ3v) is 4.45. The summed E-state index contributed by atoms with van der Waals surface area (Å²) in [6.07, 6.45) is 3.15. The Kier molecular flexibility index (Phi) is 7.06. The van der Waals surface area contributed by atoms with Crippen LogP contribution in [0.3, 0.4) is 0 Å². The van der Waals surface area contributed by atoms with Gasteiger partial charge >= 0.3 is 0 Å². The Balaban J connectivity index is 2.32. The van der Waals surface area contributed by atoms with Crippen molar-refractivity contribution in [3.8, 4) is 0 Å². The molecule has 0 saturated carbocycles. The van der Waals surface area contributed by atoms with Gasteiger partial charge in [0.1, 0.15) is 0 Å². The van der Waals surface area contributed by atoms with Gasteiger partial charge in [-0.05, 0) is 22.8 Å². The molecule has 0 spiro atoms. The average Bonchev–Trinajstić information content (AvgIpc) is 2.29. The van der Waals surface area contributed by atoms with Crippen molar-refractivity contribution < 1.29 is 8.42 Å². The van der Waals surface area contributed by atoms with Crippen molar-refractivity contribution >= 4 is 32.6 Å². The van der Waals surface area contributed by atoms with Gasteiger partial charge in [-0.1, -0.05) is 59.3 Å². The number of unbranched alkanes of at least 4 members (excludes halogenated alkanes) is 2. The zero-order valence-corrected chi connectivity index (χ0v) is 12.7. The number of benzene rings is 1. The Hall–Kier alpha value is -0.140. The topological polar surface area (TPSA) is 46.2 Å².